The Bertz CT molecular complexity index is 319. The van der Waals surface area contributed by atoms with Gasteiger partial charge in [0.25, 0.3) is 0 Å². The average molecular weight is 210 g/mol. The Hall–Kier alpha value is -1.22. The first-order chi connectivity index (χ1) is 7.13. The van der Waals surface area contributed by atoms with Crippen molar-refractivity contribution in [3.8, 4) is 0 Å². The number of halogens is 1. The number of hydrogen-bond acceptors (Lipinski definition) is 2. The van der Waals surface area contributed by atoms with Crippen LogP contribution in [0, 0.1) is 5.82 Å². The van der Waals surface area contributed by atoms with Crippen LogP contribution in [0.2, 0.25) is 0 Å². The lowest BCUT2D eigenvalue weighted by molar-refractivity contribution is -0.128. The van der Waals surface area contributed by atoms with Gasteiger partial charge in [-0.15, -0.1) is 0 Å². The van der Waals surface area contributed by atoms with Crippen LogP contribution in [-0.2, 0) is 16.0 Å². The van der Waals surface area contributed by atoms with E-state index >= 15 is 0 Å². The molecule has 1 aromatic rings. The first-order valence-corrected chi connectivity index (χ1v) is 5.02. The summed E-state index contributed by atoms with van der Waals surface area (Å²) in [5, 5.41) is 0. The summed E-state index contributed by atoms with van der Waals surface area (Å²) in [7, 11) is 0. The Morgan fingerprint density at radius 3 is 2.53 bits per heavy atom. The van der Waals surface area contributed by atoms with Gasteiger partial charge in [-0.3, -0.25) is 4.79 Å². The molecule has 0 N–H and O–H groups in total. The number of hydrogen-bond donors (Lipinski definition) is 0. The molecule has 82 valence electrons. The van der Waals surface area contributed by atoms with Crippen LogP contribution in [0.4, 0.5) is 4.39 Å². The first-order valence-electron chi connectivity index (χ1n) is 5.02. The van der Waals surface area contributed by atoms with Crippen molar-refractivity contribution < 1.29 is 13.9 Å². The Kier molecular flexibility index (Phi) is 4.43. The molecule has 0 amide bonds. The third kappa shape index (κ3) is 3.80. The zero-order chi connectivity index (χ0) is 11.3. The molecule has 0 heterocycles. The second-order valence-electron chi connectivity index (χ2n) is 3.37. The van der Waals surface area contributed by atoms with Crippen LogP contribution < -0.4 is 0 Å². The molecule has 0 aliphatic rings. The van der Waals surface area contributed by atoms with E-state index in [-0.39, 0.29) is 17.7 Å². The molecule has 1 unspecified atom stereocenters. The van der Waals surface area contributed by atoms with E-state index in [4.69, 9.17) is 4.74 Å². The summed E-state index contributed by atoms with van der Waals surface area (Å²) < 4.78 is 17.8. The van der Waals surface area contributed by atoms with Crippen LogP contribution in [0.15, 0.2) is 24.3 Å². The van der Waals surface area contributed by atoms with Crippen molar-refractivity contribution in [2.75, 3.05) is 6.61 Å². The van der Waals surface area contributed by atoms with E-state index in [1.165, 1.54) is 12.1 Å². The van der Waals surface area contributed by atoms with Crippen LogP contribution in [-0.4, -0.2) is 18.5 Å². The molecule has 2 nitrogen and oxygen atoms in total. The normalized spacial score (nSPS) is 12.5. The second kappa shape index (κ2) is 5.61. The van der Waals surface area contributed by atoms with Crippen LogP contribution in [0.5, 0.6) is 0 Å². The molecule has 1 rings (SSSR count). The predicted octanol–water partition coefficient (Wildman–Crippen LogP) is 2.36. The van der Waals surface area contributed by atoms with Crippen molar-refractivity contribution in [2.24, 2.45) is 0 Å². The molecule has 15 heavy (non-hydrogen) atoms. The summed E-state index contributed by atoms with van der Waals surface area (Å²) >= 11 is 0. The fourth-order valence-electron chi connectivity index (χ4n) is 1.29. The molecule has 1 atom stereocenters. The van der Waals surface area contributed by atoms with Crippen LogP contribution >= 0.6 is 0 Å². The summed E-state index contributed by atoms with van der Waals surface area (Å²) in [6, 6.07) is 5.94. The number of carbonyl (C=O) groups excluding carboxylic acids is 1. The first kappa shape index (κ1) is 11.9. The SMILES string of the molecule is CCOC(C)C(=O)Cc1ccc(F)cc1. The van der Waals surface area contributed by atoms with E-state index in [2.05, 4.69) is 0 Å². The van der Waals surface area contributed by atoms with Gasteiger partial charge in [0.05, 0.1) is 0 Å². The van der Waals surface area contributed by atoms with Gasteiger partial charge < -0.3 is 4.74 Å². The van der Waals surface area contributed by atoms with E-state index in [9.17, 15) is 9.18 Å². The number of ketones is 1. The maximum Gasteiger partial charge on any atom is 0.165 e. The van der Waals surface area contributed by atoms with Gasteiger partial charge >= 0.3 is 0 Å². The third-order valence-electron chi connectivity index (χ3n) is 2.16. The number of Topliss-reactive ketones (excluding diaryl/α,β-unsaturated/α-hetero) is 1. The number of rotatable bonds is 5. The van der Waals surface area contributed by atoms with Gasteiger partial charge in [0.2, 0.25) is 0 Å². The second-order valence-corrected chi connectivity index (χ2v) is 3.37. The molecule has 0 spiro atoms. The molecule has 0 bridgehead atoms. The summed E-state index contributed by atoms with van der Waals surface area (Å²) in [6.45, 7) is 4.10. The van der Waals surface area contributed by atoms with Crippen molar-refractivity contribution >= 4 is 5.78 Å². The van der Waals surface area contributed by atoms with Gasteiger partial charge in [-0.05, 0) is 31.5 Å². The lowest BCUT2D eigenvalue weighted by Gasteiger charge is -2.09. The molecule has 0 aliphatic carbocycles. The summed E-state index contributed by atoms with van der Waals surface area (Å²) in [5.41, 5.74) is 0.813. The largest absolute Gasteiger partial charge is 0.371 e. The Labute approximate surface area is 89.1 Å². The molecule has 0 saturated heterocycles. The van der Waals surface area contributed by atoms with Crippen molar-refractivity contribution in [1.82, 2.24) is 0 Å². The Morgan fingerprint density at radius 1 is 1.40 bits per heavy atom. The molecule has 0 fully saturated rings. The third-order valence-corrected chi connectivity index (χ3v) is 2.16. The Balaban J connectivity index is 2.54. The van der Waals surface area contributed by atoms with Gasteiger partial charge in [0.1, 0.15) is 11.9 Å². The summed E-state index contributed by atoms with van der Waals surface area (Å²) in [4.78, 5) is 11.6. The standard InChI is InChI=1S/C12H15FO2/c1-3-15-9(2)12(14)8-10-4-6-11(13)7-5-10/h4-7,9H,3,8H2,1-2H3. The van der Waals surface area contributed by atoms with Crippen molar-refractivity contribution in [2.45, 2.75) is 26.4 Å². The quantitative estimate of drug-likeness (QED) is 0.745. The smallest absolute Gasteiger partial charge is 0.165 e. The average Bonchev–Trinajstić information content (AvgIpc) is 2.22. The summed E-state index contributed by atoms with van der Waals surface area (Å²) in [6.07, 6.45) is -0.0957. The van der Waals surface area contributed by atoms with Crippen molar-refractivity contribution in [3.05, 3.63) is 35.6 Å². The van der Waals surface area contributed by atoms with E-state index in [0.29, 0.717) is 13.0 Å². The fourth-order valence-corrected chi connectivity index (χ4v) is 1.29. The van der Waals surface area contributed by atoms with Gasteiger partial charge in [0, 0.05) is 13.0 Å². The zero-order valence-corrected chi connectivity index (χ0v) is 9.00. The molecular weight excluding hydrogens is 195 g/mol. The lowest BCUT2D eigenvalue weighted by atomic mass is 10.1. The van der Waals surface area contributed by atoms with E-state index in [1.807, 2.05) is 6.92 Å². The monoisotopic (exact) mass is 210 g/mol. The van der Waals surface area contributed by atoms with E-state index < -0.39 is 0 Å². The number of ether oxygens (including phenoxy) is 1. The lowest BCUT2D eigenvalue weighted by Crippen LogP contribution is -2.22. The number of benzene rings is 1. The fraction of sp³-hybridized carbons (Fsp3) is 0.417. The van der Waals surface area contributed by atoms with E-state index in [0.717, 1.165) is 5.56 Å². The van der Waals surface area contributed by atoms with Gasteiger partial charge in [0.15, 0.2) is 5.78 Å². The molecule has 0 aliphatic heterocycles. The van der Waals surface area contributed by atoms with Crippen LogP contribution in [0.25, 0.3) is 0 Å². The maximum absolute atomic E-state index is 12.6. The van der Waals surface area contributed by atoms with E-state index in [1.54, 1.807) is 19.1 Å². The molecule has 3 heteroatoms. The minimum Gasteiger partial charge on any atom is -0.371 e. The topological polar surface area (TPSA) is 26.3 Å². The minimum absolute atomic E-state index is 0.0171. The highest BCUT2D eigenvalue weighted by Crippen LogP contribution is 2.06. The highest BCUT2D eigenvalue weighted by Gasteiger charge is 2.12. The maximum atomic E-state index is 12.6. The van der Waals surface area contributed by atoms with Crippen molar-refractivity contribution in [3.63, 3.8) is 0 Å². The van der Waals surface area contributed by atoms with Gasteiger partial charge in [-0.1, -0.05) is 12.1 Å². The molecule has 0 saturated carbocycles. The van der Waals surface area contributed by atoms with Gasteiger partial charge in [-0.25, -0.2) is 4.39 Å². The zero-order valence-electron chi connectivity index (χ0n) is 9.00. The van der Waals surface area contributed by atoms with Crippen LogP contribution in [0.3, 0.4) is 0 Å². The van der Waals surface area contributed by atoms with Gasteiger partial charge in [-0.2, -0.15) is 0 Å². The molecular formula is C12H15FO2. The minimum atomic E-state index is -0.389. The highest BCUT2D eigenvalue weighted by molar-refractivity contribution is 5.84. The molecule has 0 aromatic heterocycles. The van der Waals surface area contributed by atoms with Crippen LogP contribution in [0.1, 0.15) is 19.4 Å². The summed E-state index contributed by atoms with van der Waals surface area (Å²) in [5.74, 6) is -0.271. The predicted molar refractivity (Wildman–Crippen MR) is 56.2 cm³/mol. The Morgan fingerprint density at radius 2 is 2.00 bits per heavy atom. The van der Waals surface area contributed by atoms with Crippen molar-refractivity contribution in [1.29, 1.82) is 0 Å². The highest BCUT2D eigenvalue weighted by atomic mass is 19.1. The number of carbonyl (C=O) groups is 1. The molecule has 0 radical (unpaired) electrons. The molecule has 1 aromatic carbocycles.